The first-order valence-electron chi connectivity index (χ1n) is 9.12. The van der Waals surface area contributed by atoms with Gasteiger partial charge < -0.3 is 5.73 Å². The summed E-state index contributed by atoms with van der Waals surface area (Å²) in [6, 6.07) is 1.67. The van der Waals surface area contributed by atoms with Crippen molar-refractivity contribution in [3.63, 3.8) is 0 Å². The van der Waals surface area contributed by atoms with Crippen molar-refractivity contribution in [3.05, 3.63) is 0 Å². The predicted octanol–water partition coefficient (Wildman–Crippen LogP) is 2.94. The molecule has 1 aliphatic carbocycles. The van der Waals surface area contributed by atoms with Crippen molar-refractivity contribution < 1.29 is 0 Å². The van der Waals surface area contributed by atoms with Crippen LogP contribution < -0.4 is 5.73 Å². The van der Waals surface area contributed by atoms with Gasteiger partial charge in [0.25, 0.3) is 0 Å². The Labute approximate surface area is 132 Å². The maximum atomic E-state index is 6.51. The van der Waals surface area contributed by atoms with E-state index < -0.39 is 0 Å². The van der Waals surface area contributed by atoms with Gasteiger partial charge in [-0.05, 0) is 44.1 Å². The Morgan fingerprint density at radius 1 is 1.14 bits per heavy atom. The first kappa shape index (κ1) is 17.2. The van der Waals surface area contributed by atoms with Crippen molar-refractivity contribution in [1.82, 2.24) is 9.80 Å². The minimum Gasteiger partial charge on any atom is -0.326 e. The van der Waals surface area contributed by atoms with E-state index in [9.17, 15) is 0 Å². The van der Waals surface area contributed by atoms with E-state index in [0.29, 0.717) is 23.5 Å². The predicted molar refractivity (Wildman–Crippen MR) is 91.5 cm³/mol. The standard InChI is InChI=1S/C18H37N3/c1-6-18(4,5)15-8-9-16(19)17(12-15)21-11-10-20(7-2)14(3)13-21/h14-17H,6-13,19H2,1-5H3. The molecule has 2 rings (SSSR count). The highest BCUT2D eigenvalue weighted by atomic mass is 15.3. The van der Waals surface area contributed by atoms with E-state index in [2.05, 4.69) is 44.4 Å². The molecule has 2 fully saturated rings. The molecule has 0 aromatic heterocycles. The number of likely N-dealkylation sites (N-methyl/N-ethyl adjacent to an activating group) is 1. The molecule has 21 heavy (non-hydrogen) atoms. The van der Waals surface area contributed by atoms with Gasteiger partial charge in [0.05, 0.1) is 0 Å². The minimum absolute atomic E-state index is 0.384. The van der Waals surface area contributed by atoms with Gasteiger partial charge in [0.2, 0.25) is 0 Å². The van der Waals surface area contributed by atoms with Crippen molar-refractivity contribution in [2.75, 3.05) is 26.2 Å². The summed E-state index contributed by atoms with van der Waals surface area (Å²) in [5.74, 6) is 0.840. The van der Waals surface area contributed by atoms with Crippen LogP contribution in [-0.2, 0) is 0 Å². The van der Waals surface area contributed by atoms with Crippen LogP contribution in [0.5, 0.6) is 0 Å². The molecule has 1 aliphatic heterocycles. The molecular weight excluding hydrogens is 258 g/mol. The van der Waals surface area contributed by atoms with Crippen LogP contribution in [0.15, 0.2) is 0 Å². The van der Waals surface area contributed by atoms with E-state index in [0.717, 1.165) is 5.92 Å². The van der Waals surface area contributed by atoms with Crippen LogP contribution in [0.4, 0.5) is 0 Å². The summed E-state index contributed by atoms with van der Waals surface area (Å²) in [5.41, 5.74) is 6.98. The Hall–Kier alpha value is -0.120. The highest BCUT2D eigenvalue weighted by molar-refractivity contribution is 4.95. The van der Waals surface area contributed by atoms with Crippen molar-refractivity contribution in [2.45, 2.75) is 78.4 Å². The zero-order valence-electron chi connectivity index (χ0n) is 14.9. The lowest BCUT2D eigenvalue weighted by molar-refractivity contribution is 0.0111. The quantitative estimate of drug-likeness (QED) is 0.865. The number of nitrogens with zero attached hydrogens (tertiary/aromatic N) is 2. The molecule has 3 heteroatoms. The van der Waals surface area contributed by atoms with Crippen molar-refractivity contribution in [1.29, 1.82) is 0 Å². The molecule has 0 radical (unpaired) electrons. The number of hydrogen-bond donors (Lipinski definition) is 1. The minimum atomic E-state index is 0.384. The average molecular weight is 296 g/mol. The van der Waals surface area contributed by atoms with Gasteiger partial charge in [-0.1, -0.05) is 34.1 Å². The SMILES string of the molecule is CCN1CCN(C2CC(C(C)(C)CC)CCC2N)CC1C. The molecule has 0 bridgehead atoms. The Morgan fingerprint density at radius 3 is 2.43 bits per heavy atom. The second-order valence-electron chi connectivity index (χ2n) is 8.06. The topological polar surface area (TPSA) is 32.5 Å². The summed E-state index contributed by atoms with van der Waals surface area (Å²) in [6.45, 7) is 16.7. The van der Waals surface area contributed by atoms with E-state index in [-0.39, 0.29) is 0 Å². The van der Waals surface area contributed by atoms with Gasteiger partial charge in [-0.3, -0.25) is 9.80 Å². The highest BCUT2D eigenvalue weighted by Crippen LogP contribution is 2.41. The van der Waals surface area contributed by atoms with Gasteiger partial charge in [-0.15, -0.1) is 0 Å². The summed E-state index contributed by atoms with van der Waals surface area (Å²) >= 11 is 0. The molecule has 4 atom stereocenters. The Balaban J connectivity index is 2.01. The second kappa shape index (κ2) is 6.97. The van der Waals surface area contributed by atoms with Crippen LogP contribution in [0.25, 0.3) is 0 Å². The first-order valence-corrected chi connectivity index (χ1v) is 9.12. The van der Waals surface area contributed by atoms with E-state index in [1.165, 1.54) is 51.9 Å². The lowest BCUT2D eigenvalue weighted by atomic mass is 9.67. The van der Waals surface area contributed by atoms with Gasteiger partial charge in [0.1, 0.15) is 0 Å². The fourth-order valence-electron chi connectivity index (χ4n) is 4.38. The molecule has 0 spiro atoms. The van der Waals surface area contributed by atoms with Crippen LogP contribution in [0.3, 0.4) is 0 Å². The lowest BCUT2D eigenvalue weighted by Gasteiger charge is -2.49. The molecule has 0 aromatic rings. The summed E-state index contributed by atoms with van der Waals surface area (Å²) in [4.78, 5) is 5.30. The molecule has 124 valence electrons. The third kappa shape index (κ3) is 3.80. The van der Waals surface area contributed by atoms with Crippen molar-refractivity contribution >= 4 is 0 Å². The Morgan fingerprint density at radius 2 is 1.86 bits per heavy atom. The van der Waals surface area contributed by atoms with E-state index in [1.54, 1.807) is 0 Å². The largest absolute Gasteiger partial charge is 0.326 e. The molecule has 0 aromatic carbocycles. The Kier molecular flexibility index (Phi) is 5.72. The summed E-state index contributed by atoms with van der Waals surface area (Å²) in [6.07, 6.45) is 5.12. The third-order valence-electron chi connectivity index (χ3n) is 6.56. The molecule has 1 heterocycles. The van der Waals surface area contributed by atoms with Gasteiger partial charge in [-0.25, -0.2) is 0 Å². The number of rotatable bonds is 4. The van der Waals surface area contributed by atoms with Gasteiger partial charge >= 0.3 is 0 Å². The van der Waals surface area contributed by atoms with Crippen molar-refractivity contribution in [2.24, 2.45) is 17.1 Å². The molecule has 4 unspecified atom stereocenters. The third-order valence-corrected chi connectivity index (χ3v) is 6.56. The molecule has 1 saturated carbocycles. The molecule has 2 N–H and O–H groups in total. The van der Waals surface area contributed by atoms with E-state index in [4.69, 9.17) is 5.73 Å². The van der Waals surface area contributed by atoms with Crippen LogP contribution in [-0.4, -0.2) is 54.1 Å². The zero-order valence-corrected chi connectivity index (χ0v) is 14.9. The Bertz CT molecular complexity index is 328. The normalized spacial score (nSPS) is 36.9. The maximum absolute atomic E-state index is 6.51. The monoisotopic (exact) mass is 295 g/mol. The molecule has 0 amide bonds. The fraction of sp³-hybridized carbons (Fsp3) is 1.00. The lowest BCUT2D eigenvalue weighted by Crippen LogP contribution is -2.60. The fourth-order valence-corrected chi connectivity index (χ4v) is 4.38. The van der Waals surface area contributed by atoms with E-state index in [1.807, 2.05) is 0 Å². The average Bonchev–Trinajstić information content (AvgIpc) is 2.47. The number of hydrogen-bond acceptors (Lipinski definition) is 3. The van der Waals surface area contributed by atoms with Crippen LogP contribution in [0.1, 0.15) is 60.3 Å². The molecule has 3 nitrogen and oxygen atoms in total. The van der Waals surface area contributed by atoms with Crippen LogP contribution >= 0.6 is 0 Å². The summed E-state index contributed by atoms with van der Waals surface area (Å²) < 4.78 is 0. The van der Waals surface area contributed by atoms with Crippen LogP contribution in [0, 0.1) is 11.3 Å². The van der Waals surface area contributed by atoms with E-state index >= 15 is 0 Å². The molecular formula is C18H37N3. The van der Waals surface area contributed by atoms with Crippen molar-refractivity contribution in [3.8, 4) is 0 Å². The molecule has 2 aliphatic rings. The van der Waals surface area contributed by atoms with Crippen LogP contribution in [0.2, 0.25) is 0 Å². The summed E-state index contributed by atoms with van der Waals surface area (Å²) in [5, 5.41) is 0. The number of piperazine rings is 1. The zero-order chi connectivity index (χ0) is 15.6. The smallest absolute Gasteiger partial charge is 0.0251 e. The first-order chi connectivity index (χ1) is 9.89. The highest BCUT2D eigenvalue weighted by Gasteiger charge is 2.39. The second-order valence-corrected chi connectivity index (χ2v) is 8.06. The van der Waals surface area contributed by atoms with Gasteiger partial charge in [-0.2, -0.15) is 0 Å². The molecule has 1 saturated heterocycles. The van der Waals surface area contributed by atoms with Gasteiger partial charge in [0, 0.05) is 37.8 Å². The number of nitrogens with two attached hydrogens (primary N) is 1. The summed E-state index contributed by atoms with van der Waals surface area (Å²) in [7, 11) is 0. The maximum Gasteiger partial charge on any atom is 0.0251 e. The van der Waals surface area contributed by atoms with Gasteiger partial charge in [0.15, 0.2) is 0 Å².